The van der Waals surface area contributed by atoms with E-state index in [-0.39, 0.29) is 0 Å². The Morgan fingerprint density at radius 2 is 1.88 bits per heavy atom. The number of aryl methyl sites for hydroxylation is 1. The molecule has 5 nitrogen and oxygen atoms in total. The van der Waals surface area contributed by atoms with Crippen molar-refractivity contribution in [3.63, 3.8) is 0 Å². The summed E-state index contributed by atoms with van der Waals surface area (Å²) in [5.41, 5.74) is 16.7. The molecular weight excluding hydrogens is 416 g/mol. The zero-order valence-electron chi connectivity index (χ0n) is 19.3. The molecule has 0 bridgehead atoms. The van der Waals surface area contributed by atoms with Crippen LogP contribution in [-0.4, -0.2) is 48.0 Å². The number of methoxy groups -OCH3 is 1. The van der Waals surface area contributed by atoms with Crippen molar-refractivity contribution in [1.29, 1.82) is 0 Å². The van der Waals surface area contributed by atoms with Crippen molar-refractivity contribution < 1.29 is 4.74 Å². The van der Waals surface area contributed by atoms with Crippen LogP contribution in [0.15, 0.2) is 47.5 Å². The Bertz CT molecular complexity index is 1040. The number of nitrogens with two attached hydrogens (primary N) is 2. The van der Waals surface area contributed by atoms with Crippen molar-refractivity contribution in [2.75, 3.05) is 33.3 Å². The third-order valence-electron chi connectivity index (χ3n) is 6.56. The lowest BCUT2D eigenvalue weighted by atomic mass is 9.99. The molecule has 32 heavy (non-hydrogen) atoms. The number of likely N-dealkylation sites (tertiary alicyclic amines) is 1. The van der Waals surface area contributed by atoms with Crippen LogP contribution >= 0.6 is 11.8 Å². The molecule has 4 rings (SSSR count). The van der Waals surface area contributed by atoms with Crippen LogP contribution in [0.25, 0.3) is 22.0 Å². The summed E-state index contributed by atoms with van der Waals surface area (Å²) in [6.45, 7) is 7.93. The second-order valence-electron chi connectivity index (χ2n) is 8.54. The third-order valence-corrected chi connectivity index (χ3v) is 7.89. The fourth-order valence-corrected chi connectivity index (χ4v) is 5.84. The van der Waals surface area contributed by atoms with Gasteiger partial charge >= 0.3 is 0 Å². The van der Waals surface area contributed by atoms with Crippen LogP contribution in [0.3, 0.4) is 0 Å². The molecule has 1 saturated heterocycles. The Hall–Kier alpha value is -1.99. The van der Waals surface area contributed by atoms with E-state index in [2.05, 4.69) is 52.9 Å². The van der Waals surface area contributed by atoms with E-state index in [1.54, 1.807) is 7.11 Å². The molecule has 172 valence electrons. The number of piperidine rings is 1. The highest BCUT2D eigenvalue weighted by Crippen LogP contribution is 2.38. The van der Waals surface area contributed by atoms with Gasteiger partial charge in [-0.05, 0) is 86.9 Å². The van der Waals surface area contributed by atoms with Crippen LogP contribution in [0.4, 0.5) is 0 Å². The molecule has 3 aromatic rings. The molecule has 0 spiro atoms. The Morgan fingerprint density at radius 1 is 1.06 bits per heavy atom. The molecule has 0 radical (unpaired) electrons. The monoisotopic (exact) mass is 452 g/mol. The van der Waals surface area contributed by atoms with Gasteiger partial charge in [0.2, 0.25) is 0 Å². The number of aromatic nitrogens is 1. The maximum atomic E-state index is 6.13. The van der Waals surface area contributed by atoms with Crippen molar-refractivity contribution in [3.8, 4) is 16.9 Å². The van der Waals surface area contributed by atoms with Gasteiger partial charge in [0, 0.05) is 45.9 Å². The molecule has 1 fully saturated rings. The number of benzene rings is 2. The summed E-state index contributed by atoms with van der Waals surface area (Å²) in [5.74, 6) is 0.843. The molecule has 4 N–H and O–H groups in total. The van der Waals surface area contributed by atoms with E-state index in [1.807, 2.05) is 17.8 Å². The highest BCUT2D eigenvalue weighted by atomic mass is 32.2. The minimum Gasteiger partial charge on any atom is -0.497 e. The SMILES string of the molecule is CCN1CCC(Sc2ccc3c(c2)c(-c2ccc(OC)cc2CN)cn3CCCN)CC1. The molecule has 1 aliphatic rings. The van der Waals surface area contributed by atoms with E-state index >= 15 is 0 Å². The summed E-state index contributed by atoms with van der Waals surface area (Å²) in [7, 11) is 1.70. The molecule has 0 saturated carbocycles. The Balaban J connectivity index is 1.70. The molecule has 6 heteroatoms. The predicted octanol–water partition coefficient (Wildman–Crippen LogP) is 4.70. The molecule has 0 atom stereocenters. The van der Waals surface area contributed by atoms with Gasteiger partial charge in [-0.2, -0.15) is 0 Å². The number of thioether (sulfide) groups is 1. The van der Waals surface area contributed by atoms with Gasteiger partial charge in [0.05, 0.1) is 7.11 Å². The lowest BCUT2D eigenvalue weighted by molar-refractivity contribution is 0.244. The maximum absolute atomic E-state index is 6.13. The lowest BCUT2D eigenvalue weighted by Crippen LogP contribution is -2.34. The molecule has 1 aliphatic heterocycles. The molecule has 1 aromatic heterocycles. The maximum Gasteiger partial charge on any atom is 0.119 e. The average Bonchev–Trinajstić information content (AvgIpc) is 3.20. The number of nitrogens with zero attached hydrogens (tertiary/aromatic N) is 2. The summed E-state index contributed by atoms with van der Waals surface area (Å²) in [4.78, 5) is 3.90. The summed E-state index contributed by atoms with van der Waals surface area (Å²) in [6.07, 6.45) is 5.75. The third kappa shape index (κ3) is 4.99. The van der Waals surface area contributed by atoms with Gasteiger partial charge in [0.1, 0.15) is 5.75 Å². The van der Waals surface area contributed by atoms with E-state index in [4.69, 9.17) is 16.2 Å². The number of fused-ring (bicyclic) bond motifs is 1. The minimum absolute atomic E-state index is 0.479. The standard InChI is InChI=1S/C26H36N4OS/c1-3-29-13-9-21(10-14-29)32-22-6-8-26-24(16-22)25(18-30(26)12-4-11-27)23-7-5-20(31-2)15-19(23)17-28/h5-8,15-16,18,21H,3-4,9-14,17,27-28H2,1-2H3. The molecule has 0 aliphatic carbocycles. The summed E-state index contributed by atoms with van der Waals surface area (Å²) < 4.78 is 7.77. The Kier molecular flexibility index (Phi) is 7.79. The highest BCUT2D eigenvalue weighted by molar-refractivity contribution is 8.00. The van der Waals surface area contributed by atoms with Gasteiger partial charge in [-0.15, -0.1) is 11.8 Å². The first kappa shape index (κ1) is 23.2. The number of hydrogen-bond donors (Lipinski definition) is 2. The fraction of sp³-hybridized carbons (Fsp3) is 0.462. The van der Waals surface area contributed by atoms with Crippen molar-refractivity contribution in [3.05, 3.63) is 48.2 Å². The lowest BCUT2D eigenvalue weighted by Gasteiger charge is -2.30. The van der Waals surface area contributed by atoms with E-state index < -0.39 is 0 Å². The summed E-state index contributed by atoms with van der Waals surface area (Å²) in [6, 6.07) is 13.2. The van der Waals surface area contributed by atoms with Crippen LogP contribution in [0.2, 0.25) is 0 Å². The first-order chi connectivity index (χ1) is 15.7. The van der Waals surface area contributed by atoms with Crippen LogP contribution in [0.1, 0.15) is 31.7 Å². The van der Waals surface area contributed by atoms with Crippen LogP contribution in [0, 0.1) is 0 Å². The summed E-state index contributed by atoms with van der Waals surface area (Å²) >= 11 is 2.04. The Morgan fingerprint density at radius 3 is 2.56 bits per heavy atom. The molecule has 2 aromatic carbocycles. The van der Waals surface area contributed by atoms with E-state index in [1.165, 1.54) is 52.9 Å². The van der Waals surface area contributed by atoms with E-state index in [9.17, 15) is 0 Å². The first-order valence-corrected chi connectivity index (χ1v) is 12.6. The number of rotatable bonds is 9. The molecular formula is C26H36N4OS. The van der Waals surface area contributed by atoms with E-state index in [0.717, 1.165) is 30.8 Å². The second-order valence-corrected chi connectivity index (χ2v) is 9.91. The number of hydrogen-bond acceptors (Lipinski definition) is 5. The largest absolute Gasteiger partial charge is 0.497 e. The topological polar surface area (TPSA) is 69.4 Å². The van der Waals surface area contributed by atoms with Gasteiger partial charge in [-0.25, -0.2) is 0 Å². The van der Waals surface area contributed by atoms with Crippen molar-refractivity contribution in [2.45, 2.75) is 49.4 Å². The Labute approximate surface area is 196 Å². The molecule has 2 heterocycles. The van der Waals surface area contributed by atoms with Crippen LogP contribution in [-0.2, 0) is 13.1 Å². The molecule has 0 amide bonds. The van der Waals surface area contributed by atoms with Gasteiger partial charge in [0.25, 0.3) is 0 Å². The summed E-state index contributed by atoms with van der Waals surface area (Å²) in [5, 5.41) is 1.98. The second kappa shape index (κ2) is 10.8. The normalized spacial score (nSPS) is 15.5. The smallest absolute Gasteiger partial charge is 0.119 e. The number of ether oxygens (including phenoxy) is 1. The highest BCUT2D eigenvalue weighted by Gasteiger charge is 2.20. The van der Waals surface area contributed by atoms with Gasteiger partial charge in [0.15, 0.2) is 0 Å². The minimum atomic E-state index is 0.479. The zero-order valence-corrected chi connectivity index (χ0v) is 20.2. The van der Waals surface area contributed by atoms with Gasteiger partial charge in [-0.3, -0.25) is 0 Å². The van der Waals surface area contributed by atoms with Crippen molar-refractivity contribution in [1.82, 2.24) is 9.47 Å². The quantitative estimate of drug-likeness (QED) is 0.492. The zero-order chi connectivity index (χ0) is 22.5. The van der Waals surface area contributed by atoms with E-state index in [0.29, 0.717) is 18.3 Å². The van der Waals surface area contributed by atoms with Gasteiger partial charge < -0.3 is 25.7 Å². The van der Waals surface area contributed by atoms with Crippen LogP contribution < -0.4 is 16.2 Å². The van der Waals surface area contributed by atoms with Crippen molar-refractivity contribution in [2.24, 2.45) is 11.5 Å². The predicted molar refractivity (Wildman–Crippen MR) is 136 cm³/mol. The fourth-order valence-electron chi connectivity index (χ4n) is 4.68. The first-order valence-electron chi connectivity index (χ1n) is 11.8. The van der Waals surface area contributed by atoms with Crippen molar-refractivity contribution >= 4 is 22.7 Å². The van der Waals surface area contributed by atoms with Gasteiger partial charge in [-0.1, -0.05) is 13.0 Å². The molecule has 0 unspecified atom stereocenters. The van der Waals surface area contributed by atoms with Crippen LogP contribution in [0.5, 0.6) is 5.75 Å². The average molecular weight is 453 g/mol.